The van der Waals surface area contributed by atoms with E-state index in [1.807, 2.05) is 25.1 Å². The quantitative estimate of drug-likeness (QED) is 0.547. The van der Waals surface area contributed by atoms with E-state index in [2.05, 4.69) is 33.2 Å². The fourth-order valence-electron chi connectivity index (χ4n) is 3.89. The summed E-state index contributed by atoms with van der Waals surface area (Å²) < 4.78 is 7.41. The Morgan fingerprint density at radius 3 is 2.93 bits per heavy atom. The minimum atomic E-state index is -0.368. The number of anilines is 1. The molecule has 0 spiro atoms. The van der Waals surface area contributed by atoms with Gasteiger partial charge in [-0.2, -0.15) is 0 Å². The Bertz CT molecular complexity index is 1300. The van der Waals surface area contributed by atoms with Gasteiger partial charge in [0.1, 0.15) is 10.8 Å². The number of nitrogens with one attached hydrogen (secondary N) is 1. The SMILES string of the molecule is Cc1nc(Cl)cn2cc(-c3cc4ccc(N5CCN[C@@H](C)C5)cc4c(=O)o3)nc12. The molecule has 0 radical (unpaired) electrons. The van der Waals surface area contributed by atoms with Crippen molar-refractivity contribution >= 4 is 33.7 Å². The summed E-state index contributed by atoms with van der Waals surface area (Å²) in [6.45, 7) is 6.75. The Morgan fingerprint density at radius 1 is 1.24 bits per heavy atom. The van der Waals surface area contributed by atoms with E-state index < -0.39 is 0 Å². The summed E-state index contributed by atoms with van der Waals surface area (Å²) in [6.07, 6.45) is 3.47. The first kappa shape index (κ1) is 18.1. The van der Waals surface area contributed by atoms with E-state index >= 15 is 0 Å². The molecule has 29 heavy (non-hydrogen) atoms. The average molecular weight is 410 g/mol. The van der Waals surface area contributed by atoms with Crippen LogP contribution < -0.4 is 15.8 Å². The molecular formula is C21H20ClN5O2. The molecule has 0 aliphatic carbocycles. The van der Waals surface area contributed by atoms with Crippen LogP contribution in [0.15, 0.2) is 45.9 Å². The summed E-state index contributed by atoms with van der Waals surface area (Å²) in [7, 11) is 0. The van der Waals surface area contributed by atoms with Gasteiger partial charge in [0, 0.05) is 43.8 Å². The number of rotatable bonds is 2. The molecule has 0 unspecified atom stereocenters. The molecule has 1 aliphatic rings. The smallest absolute Gasteiger partial charge is 0.344 e. The summed E-state index contributed by atoms with van der Waals surface area (Å²) >= 11 is 6.03. The van der Waals surface area contributed by atoms with Crippen LogP contribution in [-0.4, -0.2) is 40.0 Å². The molecule has 8 heteroatoms. The molecule has 7 nitrogen and oxygen atoms in total. The monoisotopic (exact) mass is 409 g/mol. The molecule has 3 aromatic heterocycles. The number of benzene rings is 1. The predicted molar refractivity (Wildman–Crippen MR) is 114 cm³/mol. The number of imidazole rings is 1. The van der Waals surface area contributed by atoms with Gasteiger partial charge in [-0.15, -0.1) is 0 Å². The second-order valence-electron chi connectivity index (χ2n) is 7.48. The molecule has 1 aliphatic heterocycles. The van der Waals surface area contributed by atoms with Gasteiger partial charge < -0.3 is 19.0 Å². The summed E-state index contributed by atoms with van der Waals surface area (Å²) in [5, 5.41) is 5.21. The van der Waals surface area contributed by atoms with Crippen LogP contribution in [0.25, 0.3) is 27.9 Å². The number of aryl methyl sites for hydroxylation is 1. The van der Waals surface area contributed by atoms with Gasteiger partial charge in [-0.1, -0.05) is 17.7 Å². The van der Waals surface area contributed by atoms with Crippen LogP contribution in [0.3, 0.4) is 0 Å². The van der Waals surface area contributed by atoms with Gasteiger partial charge in [0.05, 0.1) is 11.1 Å². The fraction of sp³-hybridized carbons (Fsp3) is 0.286. The van der Waals surface area contributed by atoms with Crippen LogP contribution in [0, 0.1) is 6.92 Å². The number of halogens is 1. The molecule has 1 N–H and O–H groups in total. The van der Waals surface area contributed by atoms with Crippen molar-refractivity contribution < 1.29 is 4.42 Å². The van der Waals surface area contributed by atoms with E-state index in [-0.39, 0.29) is 5.63 Å². The standard InChI is InChI=1S/C21H20ClN5O2/c1-12-9-26(6-5-23-12)15-4-3-14-7-18(29-21(28)16(14)8-15)17-10-27-11-19(22)24-13(2)20(27)25-17/h3-4,7-8,10-12,23H,5-6,9H2,1-2H3/t12-/m0/s1. The van der Waals surface area contributed by atoms with Crippen molar-refractivity contribution in [3.63, 3.8) is 0 Å². The first-order chi connectivity index (χ1) is 14.0. The zero-order valence-electron chi connectivity index (χ0n) is 16.1. The number of fused-ring (bicyclic) bond motifs is 2. The van der Waals surface area contributed by atoms with Crippen LogP contribution in [-0.2, 0) is 0 Å². The maximum atomic E-state index is 12.7. The summed E-state index contributed by atoms with van der Waals surface area (Å²) in [6, 6.07) is 8.21. The Morgan fingerprint density at radius 2 is 2.10 bits per heavy atom. The summed E-state index contributed by atoms with van der Waals surface area (Å²) in [5.41, 5.74) is 2.62. The van der Waals surface area contributed by atoms with Gasteiger partial charge in [0.25, 0.3) is 0 Å². The van der Waals surface area contributed by atoms with Crippen molar-refractivity contribution in [2.75, 3.05) is 24.5 Å². The molecule has 1 aromatic carbocycles. The van der Waals surface area contributed by atoms with Crippen molar-refractivity contribution in [2.24, 2.45) is 0 Å². The molecule has 0 bridgehead atoms. The zero-order valence-corrected chi connectivity index (χ0v) is 16.9. The van der Waals surface area contributed by atoms with Crippen LogP contribution in [0.2, 0.25) is 5.15 Å². The van der Waals surface area contributed by atoms with E-state index in [1.54, 1.807) is 16.8 Å². The topological polar surface area (TPSA) is 75.7 Å². The fourth-order valence-corrected chi connectivity index (χ4v) is 4.13. The normalized spacial score (nSPS) is 17.3. The molecule has 4 heterocycles. The van der Waals surface area contributed by atoms with Crippen molar-refractivity contribution in [2.45, 2.75) is 19.9 Å². The number of piperazine rings is 1. The molecule has 0 saturated carbocycles. The van der Waals surface area contributed by atoms with Gasteiger partial charge in [-0.05, 0) is 37.4 Å². The van der Waals surface area contributed by atoms with Crippen LogP contribution in [0.4, 0.5) is 5.69 Å². The lowest BCUT2D eigenvalue weighted by molar-refractivity contribution is 0.485. The van der Waals surface area contributed by atoms with Gasteiger partial charge >= 0.3 is 5.63 Å². The lowest BCUT2D eigenvalue weighted by Gasteiger charge is -2.33. The summed E-state index contributed by atoms with van der Waals surface area (Å²) in [4.78, 5) is 23.8. The Labute approximate surface area is 171 Å². The van der Waals surface area contributed by atoms with E-state index in [9.17, 15) is 4.79 Å². The minimum Gasteiger partial charge on any atom is -0.421 e. The van der Waals surface area contributed by atoms with Gasteiger partial charge in [-0.3, -0.25) is 0 Å². The number of nitrogens with zero attached hydrogens (tertiary/aromatic N) is 4. The molecule has 1 fully saturated rings. The second kappa shape index (κ2) is 6.86. The highest BCUT2D eigenvalue weighted by molar-refractivity contribution is 6.29. The van der Waals surface area contributed by atoms with E-state index in [0.717, 1.165) is 30.7 Å². The van der Waals surface area contributed by atoms with Crippen LogP contribution in [0.1, 0.15) is 12.6 Å². The molecule has 1 saturated heterocycles. The highest BCUT2D eigenvalue weighted by Gasteiger charge is 2.18. The largest absolute Gasteiger partial charge is 0.421 e. The Kier molecular flexibility index (Phi) is 4.29. The first-order valence-corrected chi connectivity index (χ1v) is 9.94. The number of hydrogen-bond donors (Lipinski definition) is 1. The van der Waals surface area contributed by atoms with Crippen molar-refractivity contribution in [1.82, 2.24) is 19.7 Å². The second-order valence-corrected chi connectivity index (χ2v) is 7.86. The third kappa shape index (κ3) is 3.26. The van der Waals surface area contributed by atoms with Crippen molar-refractivity contribution in [1.29, 1.82) is 0 Å². The highest BCUT2D eigenvalue weighted by atomic mass is 35.5. The molecule has 1 atom stereocenters. The molecule has 148 valence electrons. The van der Waals surface area contributed by atoms with Crippen molar-refractivity contribution in [3.8, 4) is 11.5 Å². The third-order valence-electron chi connectivity index (χ3n) is 5.31. The molecule has 5 rings (SSSR count). The number of aromatic nitrogens is 3. The van der Waals surface area contributed by atoms with E-state index in [4.69, 9.17) is 16.0 Å². The average Bonchev–Trinajstić information content (AvgIpc) is 3.12. The van der Waals surface area contributed by atoms with Gasteiger partial charge in [0.2, 0.25) is 0 Å². The van der Waals surface area contributed by atoms with E-state index in [1.165, 1.54) is 0 Å². The predicted octanol–water partition coefficient (Wildman–Crippen LogP) is 3.26. The maximum Gasteiger partial charge on any atom is 0.344 e. The lowest BCUT2D eigenvalue weighted by Crippen LogP contribution is -2.49. The van der Waals surface area contributed by atoms with Crippen molar-refractivity contribution in [3.05, 3.63) is 57.9 Å². The number of hydrogen-bond acceptors (Lipinski definition) is 6. The highest BCUT2D eigenvalue weighted by Crippen LogP contribution is 2.26. The zero-order chi connectivity index (χ0) is 20.1. The Hall–Kier alpha value is -2.90. The van der Waals surface area contributed by atoms with Crippen LogP contribution in [0.5, 0.6) is 0 Å². The van der Waals surface area contributed by atoms with Crippen LogP contribution >= 0.6 is 11.6 Å². The Balaban J connectivity index is 1.57. The molecular weight excluding hydrogens is 390 g/mol. The third-order valence-corrected chi connectivity index (χ3v) is 5.49. The molecule has 0 amide bonds. The maximum absolute atomic E-state index is 12.7. The minimum absolute atomic E-state index is 0.368. The van der Waals surface area contributed by atoms with Gasteiger partial charge in [-0.25, -0.2) is 14.8 Å². The van der Waals surface area contributed by atoms with E-state index in [0.29, 0.717) is 39.4 Å². The molecule has 4 aromatic rings. The first-order valence-electron chi connectivity index (χ1n) is 9.56. The summed E-state index contributed by atoms with van der Waals surface area (Å²) in [5.74, 6) is 0.422. The van der Waals surface area contributed by atoms with Gasteiger partial charge in [0.15, 0.2) is 11.4 Å². The lowest BCUT2D eigenvalue weighted by atomic mass is 10.1.